The molecular formula is C16H14ClNO3. The van der Waals surface area contributed by atoms with Crippen LogP contribution in [-0.2, 0) is 11.8 Å². The molecule has 0 aliphatic carbocycles. The first kappa shape index (κ1) is 13.9. The third-order valence-electron chi connectivity index (χ3n) is 3.91. The smallest absolute Gasteiger partial charge is 0.320 e. The van der Waals surface area contributed by atoms with Gasteiger partial charge >= 0.3 is 5.97 Å². The molecule has 3 rings (SSSR count). The second-order valence-electron chi connectivity index (χ2n) is 5.23. The quantitative estimate of drug-likeness (QED) is 0.632. The average molecular weight is 304 g/mol. The normalized spacial score (nSPS) is 16.8. The minimum atomic E-state index is -0.351. The van der Waals surface area contributed by atoms with Crippen molar-refractivity contribution in [3.8, 4) is 5.75 Å². The summed E-state index contributed by atoms with van der Waals surface area (Å²) in [5, 5.41) is 0.584. The van der Waals surface area contributed by atoms with Crippen molar-refractivity contribution in [3.05, 3.63) is 51.8 Å². The Hall–Kier alpha value is -2.07. The number of hydrogen-bond acceptors (Lipinski definition) is 3. The second kappa shape index (κ2) is 4.74. The van der Waals surface area contributed by atoms with Gasteiger partial charge in [-0.05, 0) is 38.1 Å². The Bertz CT molecular complexity index is 759. The van der Waals surface area contributed by atoms with Crippen LogP contribution in [0.3, 0.4) is 0 Å². The van der Waals surface area contributed by atoms with Crippen molar-refractivity contribution in [3.63, 3.8) is 0 Å². The monoisotopic (exact) mass is 303 g/mol. The third kappa shape index (κ3) is 1.98. The lowest BCUT2D eigenvalue weighted by atomic mass is 10.1. The largest absolute Gasteiger partial charge is 0.424 e. The molecule has 2 aromatic rings. The highest BCUT2D eigenvalue weighted by atomic mass is 35.5. The first-order chi connectivity index (χ1) is 9.91. The van der Waals surface area contributed by atoms with Crippen LogP contribution >= 0.6 is 11.6 Å². The minimum absolute atomic E-state index is 0.107. The minimum Gasteiger partial charge on any atom is -0.424 e. The van der Waals surface area contributed by atoms with Gasteiger partial charge in [0.15, 0.2) is 5.75 Å². The summed E-state index contributed by atoms with van der Waals surface area (Å²) in [5.41, 5.74) is 2.56. The van der Waals surface area contributed by atoms with Crippen molar-refractivity contribution >= 4 is 23.4 Å². The van der Waals surface area contributed by atoms with E-state index in [-0.39, 0.29) is 17.7 Å². The summed E-state index contributed by atoms with van der Waals surface area (Å²) < 4.78 is 7.04. The first-order valence-corrected chi connectivity index (χ1v) is 7.00. The third-order valence-corrected chi connectivity index (χ3v) is 4.17. The number of aromatic nitrogens is 1. The SMILES string of the molecule is Cc1c2c(n(C)c1C(=O)c1ccc(Cl)cc1)C(C)C(=O)O2. The average Bonchev–Trinajstić information content (AvgIpc) is 2.87. The van der Waals surface area contributed by atoms with Crippen molar-refractivity contribution < 1.29 is 14.3 Å². The summed E-state index contributed by atoms with van der Waals surface area (Å²) in [6.07, 6.45) is 0. The molecule has 1 aromatic carbocycles. The maximum absolute atomic E-state index is 12.7. The van der Waals surface area contributed by atoms with E-state index in [1.54, 1.807) is 49.7 Å². The molecule has 0 saturated carbocycles. The number of ether oxygens (including phenoxy) is 1. The van der Waals surface area contributed by atoms with Crippen molar-refractivity contribution in [2.75, 3.05) is 0 Å². The Balaban J connectivity index is 2.11. The van der Waals surface area contributed by atoms with Crippen LogP contribution in [0.25, 0.3) is 0 Å². The van der Waals surface area contributed by atoms with Crippen LogP contribution in [0.1, 0.15) is 40.2 Å². The Morgan fingerprint density at radius 2 is 1.90 bits per heavy atom. The van der Waals surface area contributed by atoms with Gasteiger partial charge in [-0.1, -0.05) is 11.6 Å². The molecule has 1 atom stereocenters. The van der Waals surface area contributed by atoms with Crippen molar-refractivity contribution in [2.45, 2.75) is 19.8 Å². The predicted octanol–water partition coefficient (Wildman–Crippen LogP) is 3.24. The fourth-order valence-corrected chi connectivity index (χ4v) is 2.93. The second-order valence-corrected chi connectivity index (χ2v) is 5.66. The lowest BCUT2D eigenvalue weighted by Gasteiger charge is -2.09. The number of ketones is 1. The van der Waals surface area contributed by atoms with E-state index in [0.29, 0.717) is 27.6 Å². The molecule has 0 saturated heterocycles. The van der Waals surface area contributed by atoms with E-state index in [9.17, 15) is 9.59 Å². The lowest BCUT2D eigenvalue weighted by molar-refractivity contribution is -0.133. The molecule has 0 amide bonds. The van der Waals surface area contributed by atoms with Crippen LogP contribution in [0.15, 0.2) is 24.3 Å². The van der Waals surface area contributed by atoms with Crippen LogP contribution < -0.4 is 4.74 Å². The highest BCUT2D eigenvalue weighted by Crippen LogP contribution is 2.41. The van der Waals surface area contributed by atoms with Gasteiger partial charge in [0.2, 0.25) is 5.78 Å². The van der Waals surface area contributed by atoms with Crippen LogP contribution in [-0.4, -0.2) is 16.3 Å². The molecule has 1 aliphatic rings. The van der Waals surface area contributed by atoms with Gasteiger partial charge in [-0.3, -0.25) is 9.59 Å². The number of benzene rings is 1. The molecule has 4 nitrogen and oxygen atoms in total. The van der Waals surface area contributed by atoms with Crippen LogP contribution in [0.4, 0.5) is 0 Å². The molecule has 1 aliphatic heterocycles. The zero-order valence-electron chi connectivity index (χ0n) is 11.9. The fourth-order valence-electron chi connectivity index (χ4n) is 2.80. The Morgan fingerprint density at radius 3 is 2.48 bits per heavy atom. The van der Waals surface area contributed by atoms with Gasteiger partial charge in [0.1, 0.15) is 0 Å². The number of carbonyl (C=O) groups excluding carboxylic acids is 2. The molecule has 21 heavy (non-hydrogen) atoms. The lowest BCUT2D eigenvalue weighted by Crippen LogP contribution is -2.15. The van der Waals surface area contributed by atoms with Gasteiger partial charge in [-0.2, -0.15) is 0 Å². The number of hydrogen-bond donors (Lipinski definition) is 0. The standard InChI is InChI=1S/C16H14ClNO3/c1-8-12(14(19)10-4-6-11(17)7-5-10)18(3)13-9(2)16(20)21-15(8)13/h4-7,9H,1-3H3. The fraction of sp³-hybridized carbons (Fsp3) is 0.250. The molecule has 2 heterocycles. The predicted molar refractivity (Wildman–Crippen MR) is 79.1 cm³/mol. The Morgan fingerprint density at radius 1 is 1.29 bits per heavy atom. The van der Waals surface area contributed by atoms with Crippen molar-refractivity contribution in [1.29, 1.82) is 0 Å². The van der Waals surface area contributed by atoms with E-state index >= 15 is 0 Å². The summed E-state index contributed by atoms with van der Waals surface area (Å²) in [5.74, 6) is -0.212. The number of carbonyl (C=O) groups is 2. The van der Waals surface area contributed by atoms with Gasteiger partial charge in [0, 0.05) is 23.2 Å². The van der Waals surface area contributed by atoms with E-state index < -0.39 is 0 Å². The molecule has 5 heteroatoms. The van der Waals surface area contributed by atoms with Gasteiger partial charge in [0.25, 0.3) is 0 Å². The molecule has 0 bridgehead atoms. The molecule has 0 radical (unpaired) electrons. The van der Waals surface area contributed by atoms with Crippen LogP contribution in [0, 0.1) is 6.92 Å². The number of esters is 1. The molecule has 0 spiro atoms. The van der Waals surface area contributed by atoms with E-state index in [4.69, 9.17) is 16.3 Å². The molecule has 0 fully saturated rings. The van der Waals surface area contributed by atoms with Crippen LogP contribution in [0.2, 0.25) is 5.02 Å². The zero-order chi connectivity index (χ0) is 15.3. The Labute approximate surface area is 127 Å². The van der Waals surface area contributed by atoms with Gasteiger partial charge in [0.05, 0.1) is 17.3 Å². The first-order valence-electron chi connectivity index (χ1n) is 6.63. The van der Waals surface area contributed by atoms with Gasteiger partial charge in [-0.25, -0.2) is 0 Å². The maximum atomic E-state index is 12.7. The number of fused-ring (bicyclic) bond motifs is 1. The highest BCUT2D eigenvalue weighted by Gasteiger charge is 2.37. The summed E-state index contributed by atoms with van der Waals surface area (Å²) in [6, 6.07) is 6.75. The number of halogens is 1. The maximum Gasteiger partial charge on any atom is 0.320 e. The Kier molecular flexibility index (Phi) is 3.14. The summed E-state index contributed by atoms with van der Waals surface area (Å²) in [4.78, 5) is 24.3. The topological polar surface area (TPSA) is 48.3 Å². The highest BCUT2D eigenvalue weighted by molar-refractivity contribution is 6.30. The van der Waals surface area contributed by atoms with E-state index in [1.165, 1.54) is 0 Å². The van der Waals surface area contributed by atoms with E-state index in [0.717, 1.165) is 5.69 Å². The zero-order valence-corrected chi connectivity index (χ0v) is 12.7. The molecule has 1 unspecified atom stereocenters. The molecule has 0 N–H and O–H groups in total. The summed E-state index contributed by atoms with van der Waals surface area (Å²) in [6.45, 7) is 3.58. The molecule has 1 aromatic heterocycles. The van der Waals surface area contributed by atoms with Gasteiger partial charge < -0.3 is 9.30 Å². The van der Waals surface area contributed by atoms with Crippen molar-refractivity contribution in [2.24, 2.45) is 7.05 Å². The molecular weight excluding hydrogens is 290 g/mol. The summed E-state index contributed by atoms with van der Waals surface area (Å²) in [7, 11) is 1.79. The summed E-state index contributed by atoms with van der Waals surface area (Å²) >= 11 is 5.85. The van der Waals surface area contributed by atoms with Crippen molar-refractivity contribution in [1.82, 2.24) is 4.57 Å². The van der Waals surface area contributed by atoms with E-state index in [1.807, 2.05) is 0 Å². The molecule has 108 valence electrons. The number of nitrogens with zero attached hydrogens (tertiary/aromatic N) is 1. The van der Waals surface area contributed by atoms with E-state index in [2.05, 4.69) is 0 Å². The number of rotatable bonds is 2. The van der Waals surface area contributed by atoms with Gasteiger partial charge in [-0.15, -0.1) is 0 Å². The van der Waals surface area contributed by atoms with Crippen LogP contribution in [0.5, 0.6) is 5.75 Å².